The van der Waals surface area contributed by atoms with Crippen molar-refractivity contribution in [3.8, 4) is 0 Å². The zero-order valence-corrected chi connectivity index (χ0v) is 15.4. The number of carbonyl (C=O) groups excluding carboxylic acids is 2. The van der Waals surface area contributed by atoms with Gasteiger partial charge in [0.15, 0.2) is 5.69 Å². The topological polar surface area (TPSA) is 67.2 Å². The summed E-state index contributed by atoms with van der Waals surface area (Å²) in [5, 5.41) is 6.95. The quantitative estimate of drug-likeness (QED) is 0.721. The fourth-order valence-electron chi connectivity index (χ4n) is 3.19. The van der Waals surface area contributed by atoms with Crippen LogP contribution in [0.25, 0.3) is 0 Å². The minimum atomic E-state index is -0.408. The van der Waals surface area contributed by atoms with E-state index in [4.69, 9.17) is 0 Å². The number of fused-ring (bicyclic) bond motifs is 1. The Kier molecular flexibility index (Phi) is 5.07. The molecule has 148 valence electrons. The summed E-state index contributed by atoms with van der Waals surface area (Å²) in [5.74, 6) is -1.31. The van der Waals surface area contributed by atoms with Crippen molar-refractivity contribution in [3.05, 3.63) is 88.7 Å². The van der Waals surface area contributed by atoms with Crippen LogP contribution in [0.15, 0.2) is 54.6 Å². The normalized spacial score (nSPS) is 13.3. The second kappa shape index (κ2) is 7.83. The van der Waals surface area contributed by atoms with Crippen molar-refractivity contribution in [1.82, 2.24) is 20.0 Å². The molecule has 0 saturated heterocycles. The van der Waals surface area contributed by atoms with Gasteiger partial charge < -0.3 is 10.2 Å². The van der Waals surface area contributed by atoms with E-state index in [9.17, 15) is 18.4 Å². The lowest BCUT2D eigenvalue weighted by Crippen LogP contribution is -2.39. The van der Waals surface area contributed by atoms with Crippen molar-refractivity contribution in [1.29, 1.82) is 0 Å². The highest BCUT2D eigenvalue weighted by atomic mass is 19.1. The Morgan fingerprint density at radius 3 is 2.24 bits per heavy atom. The predicted molar refractivity (Wildman–Crippen MR) is 101 cm³/mol. The Morgan fingerprint density at radius 1 is 0.966 bits per heavy atom. The smallest absolute Gasteiger partial charge is 0.272 e. The molecule has 3 aromatic rings. The van der Waals surface area contributed by atoms with Gasteiger partial charge >= 0.3 is 0 Å². The second-order valence-corrected chi connectivity index (χ2v) is 6.80. The van der Waals surface area contributed by atoms with Crippen LogP contribution in [-0.2, 0) is 19.6 Å². The van der Waals surface area contributed by atoms with Crippen LogP contribution < -0.4 is 5.32 Å². The summed E-state index contributed by atoms with van der Waals surface area (Å²) >= 11 is 0. The molecule has 2 heterocycles. The molecule has 0 saturated carbocycles. The average molecular weight is 396 g/mol. The average Bonchev–Trinajstić information content (AvgIpc) is 3.16. The maximum absolute atomic E-state index is 13.1. The van der Waals surface area contributed by atoms with E-state index >= 15 is 0 Å². The SMILES string of the molecule is O=C(NCc1ccc(F)cc1)c1cc2n(n1)CCN(Cc1ccc(F)cc1)C2=O. The van der Waals surface area contributed by atoms with E-state index in [0.717, 1.165) is 11.1 Å². The van der Waals surface area contributed by atoms with E-state index in [1.807, 2.05) is 0 Å². The number of carbonyl (C=O) groups is 2. The van der Waals surface area contributed by atoms with Crippen LogP contribution in [0.5, 0.6) is 0 Å². The minimum Gasteiger partial charge on any atom is -0.347 e. The Morgan fingerprint density at radius 2 is 1.59 bits per heavy atom. The molecule has 4 rings (SSSR count). The molecular formula is C21H18F2N4O2. The van der Waals surface area contributed by atoms with Crippen molar-refractivity contribution in [2.45, 2.75) is 19.6 Å². The first-order chi connectivity index (χ1) is 14.0. The van der Waals surface area contributed by atoms with Crippen LogP contribution in [0, 0.1) is 11.6 Å². The van der Waals surface area contributed by atoms with Crippen LogP contribution in [0.4, 0.5) is 8.78 Å². The van der Waals surface area contributed by atoms with Crippen LogP contribution in [-0.4, -0.2) is 33.0 Å². The van der Waals surface area contributed by atoms with Gasteiger partial charge in [0.25, 0.3) is 11.8 Å². The Balaban J connectivity index is 1.42. The van der Waals surface area contributed by atoms with Gasteiger partial charge in [-0.1, -0.05) is 24.3 Å². The van der Waals surface area contributed by atoms with Gasteiger partial charge in [-0.25, -0.2) is 8.78 Å². The summed E-state index contributed by atoms with van der Waals surface area (Å²) < 4.78 is 27.5. The zero-order valence-electron chi connectivity index (χ0n) is 15.4. The van der Waals surface area contributed by atoms with Crippen molar-refractivity contribution in [2.75, 3.05) is 6.54 Å². The summed E-state index contributed by atoms with van der Waals surface area (Å²) in [4.78, 5) is 26.8. The number of hydrogen-bond acceptors (Lipinski definition) is 3. The summed E-state index contributed by atoms with van der Waals surface area (Å²) in [6.07, 6.45) is 0. The highest BCUT2D eigenvalue weighted by molar-refractivity contribution is 5.98. The van der Waals surface area contributed by atoms with Gasteiger partial charge in [-0.05, 0) is 35.4 Å². The number of halogens is 2. The molecule has 6 nitrogen and oxygen atoms in total. The number of amides is 2. The maximum atomic E-state index is 13.1. The molecule has 0 bridgehead atoms. The second-order valence-electron chi connectivity index (χ2n) is 6.80. The number of hydrogen-bond donors (Lipinski definition) is 1. The van der Waals surface area contributed by atoms with Crippen LogP contribution in [0.2, 0.25) is 0 Å². The number of aromatic nitrogens is 2. The molecule has 1 aliphatic rings. The molecule has 1 N–H and O–H groups in total. The Labute approximate surface area is 165 Å². The van der Waals surface area contributed by atoms with Crippen molar-refractivity contribution < 1.29 is 18.4 Å². The van der Waals surface area contributed by atoms with E-state index in [1.54, 1.807) is 29.2 Å². The lowest BCUT2D eigenvalue weighted by molar-refractivity contribution is 0.0683. The van der Waals surface area contributed by atoms with Gasteiger partial charge in [0.1, 0.15) is 17.3 Å². The lowest BCUT2D eigenvalue weighted by Gasteiger charge is -2.27. The largest absolute Gasteiger partial charge is 0.347 e. The van der Waals surface area contributed by atoms with Gasteiger partial charge in [-0.2, -0.15) is 5.10 Å². The molecular weight excluding hydrogens is 378 g/mol. The summed E-state index contributed by atoms with van der Waals surface area (Å²) in [7, 11) is 0. The first-order valence-corrected chi connectivity index (χ1v) is 9.14. The van der Waals surface area contributed by atoms with Gasteiger partial charge in [-0.15, -0.1) is 0 Å². The highest BCUT2D eigenvalue weighted by Crippen LogP contribution is 2.17. The fraction of sp³-hybridized carbons (Fsp3) is 0.190. The summed E-state index contributed by atoms with van der Waals surface area (Å²) in [5.41, 5.74) is 2.07. The monoisotopic (exact) mass is 396 g/mol. The third-order valence-corrected chi connectivity index (χ3v) is 4.75. The summed E-state index contributed by atoms with van der Waals surface area (Å²) in [6.45, 7) is 1.50. The van der Waals surface area contributed by atoms with Crippen molar-refractivity contribution in [3.63, 3.8) is 0 Å². The van der Waals surface area contributed by atoms with Crippen LogP contribution in [0.1, 0.15) is 32.1 Å². The van der Waals surface area contributed by atoms with Gasteiger partial charge in [0, 0.05) is 25.7 Å². The number of nitrogens with one attached hydrogen (secondary N) is 1. The van der Waals surface area contributed by atoms with E-state index in [-0.39, 0.29) is 29.8 Å². The molecule has 29 heavy (non-hydrogen) atoms. The molecule has 1 aromatic heterocycles. The number of benzene rings is 2. The molecule has 0 spiro atoms. The predicted octanol–water partition coefficient (Wildman–Crippen LogP) is 2.75. The Hall–Kier alpha value is -3.55. The molecule has 0 aliphatic carbocycles. The van der Waals surface area contributed by atoms with Crippen molar-refractivity contribution in [2.24, 2.45) is 0 Å². The van der Waals surface area contributed by atoms with Gasteiger partial charge in [-0.3, -0.25) is 14.3 Å². The molecule has 0 fully saturated rings. The third-order valence-electron chi connectivity index (χ3n) is 4.75. The van der Waals surface area contributed by atoms with Gasteiger partial charge in [0.05, 0.1) is 6.54 Å². The van der Waals surface area contributed by atoms with Crippen LogP contribution >= 0.6 is 0 Å². The van der Waals surface area contributed by atoms with E-state index < -0.39 is 5.91 Å². The third kappa shape index (κ3) is 4.16. The number of nitrogens with zero attached hydrogens (tertiary/aromatic N) is 3. The maximum Gasteiger partial charge on any atom is 0.272 e. The van der Waals surface area contributed by atoms with Crippen molar-refractivity contribution >= 4 is 11.8 Å². The van der Waals surface area contributed by atoms with E-state index in [0.29, 0.717) is 25.3 Å². The van der Waals surface area contributed by atoms with Crippen LogP contribution in [0.3, 0.4) is 0 Å². The van der Waals surface area contributed by atoms with Gasteiger partial charge in [0.2, 0.25) is 0 Å². The molecule has 0 unspecified atom stereocenters. The molecule has 1 aliphatic heterocycles. The number of rotatable bonds is 5. The Bertz CT molecular complexity index is 1050. The fourth-order valence-corrected chi connectivity index (χ4v) is 3.19. The molecule has 8 heteroatoms. The zero-order chi connectivity index (χ0) is 20.4. The van der Waals surface area contributed by atoms with E-state index in [1.165, 1.54) is 35.0 Å². The van der Waals surface area contributed by atoms with E-state index in [2.05, 4.69) is 10.4 Å². The highest BCUT2D eigenvalue weighted by Gasteiger charge is 2.27. The summed E-state index contributed by atoms with van der Waals surface area (Å²) in [6, 6.07) is 13.3. The first-order valence-electron chi connectivity index (χ1n) is 9.14. The molecule has 2 amide bonds. The standard InChI is InChI=1S/C21H18F2N4O2/c22-16-5-1-14(2-6-16)12-24-20(28)18-11-19-21(29)26(9-10-27(19)25-18)13-15-3-7-17(23)8-4-15/h1-8,11H,9-10,12-13H2,(H,24,28). The molecule has 0 atom stereocenters. The molecule has 2 aromatic carbocycles. The minimum absolute atomic E-state index is 0.152. The lowest BCUT2D eigenvalue weighted by atomic mass is 10.2. The first kappa shape index (κ1) is 18.8. The molecule has 0 radical (unpaired) electrons.